The number of phenols is 1. The molecule has 2 rings (SSSR count). The molecule has 0 amide bonds. The largest absolute Gasteiger partial charge is 0.506 e. The lowest BCUT2D eigenvalue weighted by molar-refractivity contribution is -0.136. The quantitative estimate of drug-likeness (QED) is 0.873. The van der Waals surface area contributed by atoms with Crippen molar-refractivity contribution >= 4 is 21.9 Å². The Morgan fingerprint density at radius 1 is 1.41 bits per heavy atom. The number of hydrogen-bond acceptors (Lipinski definition) is 4. The van der Waals surface area contributed by atoms with Gasteiger partial charge in [0.15, 0.2) is 11.5 Å². The maximum atomic E-state index is 10.8. The zero-order valence-corrected chi connectivity index (χ0v) is 10.5. The summed E-state index contributed by atoms with van der Waals surface area (Å²) in [5, 5.41) is 18.7. The SMILES string of the molecule is O=C(O)Cc1c(O)c(Br)cc2c1OCCCO2. The van der Waals surface area contributed by atoms with E-state index < -0.39 is 5.97 Å². The van der Waals surface area contributed by atoms with Gasteiger partial charge in [-0.15, -0.1) is 0 Å². The van der Waals surface area contributed by atoms with Gasteiger partial charge in [-0.05, 0) is 15.9 Å². The van der Waals surface area contributed by atoms with Crippen LogP contribution in [0.5, 0.6) is 17.2 Å². The van der Waals surface area contributed by atoms with Crippen LogP contribution in [0.2, 0.25) is 0 Å². The van der Waals surface area contributed by atoms with Crippen molar-refractivity contribution in [1.82, 2.24) is 0 Å². The molecule has 0 saturated heterocycles. The van der Waals surface area contributed by atoms with Crippen LogP contribution in [0.25, 0.3) is 0 Å². The summed E-state index contributed by atoms with van der Waals surface area (Å²) in [6.07, 6.45) is 0.413. The third-order valence-electron chi connectivity index (χ3n) is 2.39. The first-order chi connectivity index (χ1) is 8.09. The molecule has 0 aliphatic carbocycles. The van der Waals surface area contributed by atoms with Crippen molar-refractivity contribution in [3.05, 3.63) is 16.1 Å². The van der Waals surface area contributed by atoms with Crippen molar-refractivity contribution < 1.29 is 24.5 Å². The summed E-state index contributed by atoms with van der Waals surface area (Å²) in [4.78, 5) is 10.8. The zero-order valence-electron chi connectivity index (χ0n) is 8.90. The number of carboxylic acids is 1. The number of aliphatic carboxylic acids is 1. The van der Waals surface area contributed by atoms with Gasteiger partial charge in [0.25, 0.3) is 0 Å². The number of halogens is 1. The van der Waals surface area contributed by atoms with E-state index in [9.17, 15) is 9.90 Å². The molecule has 5 nitrogen and oxygen atoms in total. The molecule has 1 aliphatic rings. The molecule has 1 aliphatic heterocycles. The van der Waals surface area contributed by atoms with Gasteiger partial charge in [-0.25, -0.2) is 0 Å². The van der Waals surface area contributed by atoms with Crippen molar-refractivity contribution in [3.63, 3.8) is 0 Å². The standard InChI is InChI=1S/C11H11BrO5/c12-7-5-8-11(17-3-1-2-16-8)6(10(7)15)4-9(13)14/h5,15H,1-4H2,(H,13,14). The van der Waals surface area contributed by atoms with Crippen LogP contribution in [0.15, 0.2) is 10.5 Å². The van der Waals surface area contributed by atoms with Gasteiger partial charge in [0.2, 0.25) is 0 Å². The van der Waals surface area contributed by atoms with Gasteiger partial charge in [0.05, 0.1) is 29.7 Å². The first kappa shape index (κ1) is 12.0. The predicted molar refractivity (Wildman–Crippen MR) is 62.8 cm³/mol. The minimum atomic E-state index is -1.03. The Balaban J connectivity index is 2.53. The Morgan fingerprint density at radius 2 is 2.12 bits per heavy atom. The van der Waals surface area contributed by atoms with Crippen LogP contribution in [-0.2, 0) is 11.2 Å². The summed E-state index contributed by atoms with van der Waals surface area (Å²) >= 11 is 3.16. The second kappa shape index (κ2) is 4.83. The second-order valence-corrected chi connectivity index (χ2v) is 4.49. The minimum absolute atomic E-state index is 0.114. The van der Waals surface area contributed by atoms with Crippen LogP contribution in [0.1, 0.15) is 12.0 Å². The highest BCUT2D eigenvalue weighted by molar-refractivity contribution is 9.10. The van der Waals surface area contributed by atoms with Gasteiger partial charge in [-0.3, -0.25) is 4.79 Å². The summed E-state index contributed by atoms with van der Waals surface area (Å²) in [5.41, 5.74) is 0.240. The highest BCUT2D eigenvalue weighted by Gasteiger charge is 2.22. The number of benzene rings is 1. The minimum Gasteiger partial charge on any atom is -0.506 e. The first-order valence-electron chi connectivity index (χ1n) is 5.11. The molecule has 1 aromatic carbocycles. The predicted octanol–water partition coefficient (Wildman–Crippen LogP) is 1.94. The first-order valence-corrected chi connectivity index (χ1v) is 5.90. The molecule has 17 heavy (non-hydrogen) atoms. The molecule has 0 radical (unpaired) electrons. The molecule has 0 bridgehead atoms. The van der Waals surface area contributed by atoms with Gasteiger partial charge >= 0.3 is 5.97 Å². The number of rotatable bonds is 2. The molecular weight excluding hydrogens is 292 g/mol. The second-order valence-electron chi connectivity index (χ2n) is 3.63. The van der Waals surface area contributed by atoms with Crippen molar-refractivity contribution in [2.75, 3.05) is 13.2 Å². The fraction of sp³-hybridized carbons (Fsp3) is 0.364. The average molecular weight is 303 g/mol. The maximum Gasteiger partial charge on any atom is 0.308 e. The fourth-order valence-electron chi connectivity index (χ4n) is 1.65. The molecule has 1 heterocycles. The molecule has 0 unspecified atom stereocenters. The molecule has 0 spiro atoms. The fourth-order valence-corrected chi connectivity index (χ4v) is 2.09. The van der Waals surface area contributed by atoms with E-state index in [1.807, 2.05) is 0 Å². The lowest BCUT2D eigenvalue weighted by Crippen LogP contribution is -2.05. The highest BCUT2D eigenvalue weighted by Crippen LogP contribution is 2.43. The Labute approximate surface area is 106 Å². The smallest absolute Gasteiger partial charge is 0.308 e. The van der Waals surface area contributed by atoms with Crippen LogP contribution in [0.3, 0.4) is 0 Å². The lowest BCUT2D eigenvalue weighted by Gasteiger charge is -2.14. The van der Waals surface area contributed by atoms with Gasteiger partial charge in [-0.1, -0.05) is 0 Å². The molecular formula is C11H11BrO5. The van der Waals surface area contributed by atoms with Gasteiger partial charge < -0.3 is 19.7 Å². The zero-order chi connectivity index (χ0) is 12.4. The van der Waals surface area contributed by atoms with Gasteiger partial charge in [0, 0.05) is 12.5 Å². The number of carbonyl (C=O) groups is 1. The third-order valence-corrected chi connectivity index (χ3v) is 2.99. The lowest BCUT2D eigenvalue weighted by atomic mass is 10.1. The molecule has 0 atom stereocenters. The summed E-state index contributed by atoms with van der Waals surface area (Å²) in [6, 6.07) is 1.58. The summed E-state index contributed by atoms with van der Waals surface area (Å²) in [7, 11) is 0. The molecule has 2 N–H and O–H groups in total. The van der Waals surface area contributed by atoms with Crippen molar-refractivity contribution in [1.29, 1.82) is 0 Å². The van der Waals surface area contributed by atoms with Crippen molar-refractivity contribution in [2.45, 2.75) is 12.8 Å². The van der Waals surface area contributed by atoms with Crippen LogP contribution >= 0.6 is 15.9 Å². The topological polar surface area (TPSA) is 76.0 Å². The van der Waals surface area contributed by atoms with E-state index in [0.717, 1.165) is 6.42 Å². The Hall–Kier alpha value is -1.43. The molecule has 0 fully saturated rings. The number of phenolic OH excluding ortho intramolecular Hbond substituents is 1. The molecule has 6 heteroatoms. The average Bonchev–Trinajstić information content (AvgIpc) is 2.49. The number of fused-ring (bicyclic) bond motifs is 1. The Morgan fingerprint density at radius 3 is 2.82 bits per heavy atom. The molecule has 92 valence electrons. The monoisotopic (exact) mass is 302 g/mol. The van der Waals surface area contributed by atoms with Crippen molar-refractivity contribution in [2.24, 2.45) is 0 Å². The molecule has 0 saturated carbocycles. The summed E-state index contributed by atoms with van der Waals surface area (Å²) in [6.45, 7) is 0.956. The van der Waals surface area contributed by atoms with E-state index in [-0.39, 0.29) is 17.7 Å². The number of hydrogen-bond donors (Lipinski definition) is 2. The van der Waals surface area contributed by atoms with Gasteiger partial charge in [-0.2, -0.15) is 0 Å². The van der Waals surface area contributed by atoms with Gasteiger partial charge in [0.1, 0.15) is 5.75 Å². The van der Waals surface area contributed by atoms with Crippen LogP contribution in [-0.4, -0.2) is 29.4 Å². The van der Waals surface area contributed by atoms with E-state index in [4.69, 9.17) is 14.6 Å². The van der Waals surface area contributed by atoms with Crippen LogP contribution in [0, 0.1) is 0 Å². The van der Waals surface area contributed by atoms with Crippen LogP contribution < -0.4 is 9.47 Å². The maximum absolute atomic E-state index is 10.8. The normalized spacial score (nSPS) is 14.2. The highest BCUT2D eigenvalue weighted by atomic mass is 79.9. The molecule has 1 aromatic rings. The van der Waals surface area contributed by atoms with E-state index in [1.54, 1.807) is 6.07 Å². The third kappa shape index (κ3) is 2.46. The Kier molecular flexibility index (Phi) is 3.42. The summed E-state index contributed by atoms with van der Waals surface area (Å²) < 4.78 is 11.3. The van der Waals surface area contributed by atoms with E-state index in [0.29, 0.717) is 29.2 Å². The van der Waals surface area contributed by atoms with E-state index in [2.05, 4.69) is 15.9 Å². The number of aromatic hydroxyl groups is 1. The number of ether oxygens (including phenoxy) is 2. The van der Waals surface area contributed by atoms with E-state index >= 15 is 0 Å². The van der Waals surface area contributed by atoms with Crippen molar-refractivity contribution in [3.8, 4) is 17.2 Å². The Bertz CT molecular complexity index is 458. The number of carboxylic acid groups (broad SMARTS) is 1. The van der Waals surface area contributed by atoms with E-state index in [1.165, 1.54) is 0 Å². The molecule has 0 aromatic heterocycles. The summed E-state index contributed by atoms with van der Waals surface area (Å²) in [5.74, 6) is -0.362. The van der Waals surface area contributed by atoms with Crippen LogP contribution in [0.4, 0.5) is 0 Å².